The molecule has 0 atom stereocenters. The van der Waals surface area contributed by atoms with Crippen LogP contribution >= 0.6 is 50.7 Å². The van der Waals surface area contributed by atoms with Crippen LogP contribution in [0.4, 0.5) is 0 Å². The van der Waals surface area contributed by atoms with Gasteiger partial charge in [0.25, 0.3) is 0 Å². The van der Waals surface area contributed by atoms with E-state index in [-0.39, 0.29) is 6.15 Å². The van der Waals surface area contributed by atoms with Crippen LogP contribution in [0.2, 0.25) is 0 Å². The van der Waals surface area contributed by atoms with Crippen molar-refractivity contribution in [3.63, 3.8) is 0 Å². The van der Waals surface area contributed by atoms with Gasteiger partial charge in [-0.1, -0.05) is 0 Å². The molecule has 0 fully saturated rings. The molecule has 0 radical (unpaired) electrons. The summed E-state index contributed by atoms with van der Waals surface area (Å²) in [4.78, 5) is 0. The molecular formula is H3Cl5CoN. The first-order chi connectivity index (χ1) is 2.24. The van der Waals surface area contributed by atoms with Gasteiger partial charge in [-0.25, -0.2) is 0 Å². The van der Waals surface area contributed by atoms with E-state index in [9.17, 15) is 0 Å². The van der Waals surface area contributed by atoms with Crippen molar-refractivity contribution in [3.8, 4) is 0 Å². The number of hydrogen-bond acceptors (Lipinski definition) is 1. The molecule has 0 aromatic rings. The zero-order valence-electron chi connectivity index (χ0n) is 2.93. The van der Waals surface area contributed by atoms with E-state index in [0.29, 0.717) is 0 Å². The molecule has 7 heteroatoms. The van der Waals surface area contributed by atoms with Gasteiger partial charge in [0.2, 0.25) is 0 Å². The summed E-state index contributed by atoms with van der Waals surface area (Å²) < 4.78 is 0. The standard InChI is InChI=1S/5ClH.Co.H3N/h5*1H;;1H3/q;;;;;+5;/p-5. The Morgan fingerprint density at radius 3 is 0.714 bits per heavy atom. The van der Waals surface area contributed by atoms with Crippen LogP contribution in [-0.2, 0) is 7.06 Å². The third-order valence-corrected chi connectivity index (χ3v) is 0. The predicted molar refractivity (Wildman–Crippen MR) is 34.3 cm³/mol. The van der Waals surface area contributed by atoms with E-state index in [0.717, 1.165) is 0 Å². The number of rotatable bonds is 0. The summed E-state index contributed by atoms with van der Waals surface area (Å²) in [7, 11) is 21.2. The molecule has 0 heterocycles. The number of hydrogen-bond donors (Lipinski definition) is 1. The molecule has 0 aliphatic rings. The van der Waals surface area contributed by atoms with Gasteiger partial charge < -0.3 is 6.15 Å². The van der Waals surface area contributed by atoms with E-state index in [4.69, 9.17) is 50.7 Å². The predicted octanol–water partition coefficient (Wildman–Crippen LogP) is 3.61. The molecule has 0 aliphatic heterocycles. The topological polar surface area (TPSA) is 35.0 Å². The Morgan fingerprint density at radius 2 is 0.714 bits per heavy atom. The van der Waals surface area contributed by atoms with Crippen LogP contribution < -0.4 is 6.15 Å². The normalized spacial score (nSPS) is 16.4. The minimum absolute atomic E-state index is 0. The van der Waals surface area contributed by atoms with Crippen LogP contribution in [0, 0.1) is 0 Å². The molecule has 0 saturated carbocycles. The van der Waals surface area contributed by atoms with E-state index in [1.807, 2.05) is 0 Å². The summed E-state index contributed by atoms with van der Waals surface area (Å²) in [5.74, 6) is 0. The van der Waals surface area contributed by atoms with E-state index >= 15 is 0 Å². The Hall–Kier alpha value is 1.92. The van der Waals surface area contributed by atoms with Crippen LogP contribution in [-0.4, -0.2) is 0 Å². The molecule has 0 aliphatic carbocycles. The number of halogens is 5. The fourth-order valence-electron chi connectivity index (χ4n) is 0. The molecular weight excluding hydrogens is 250 g/mol. The monoisotopic (exact) mass is 251 g/mol. The summed E-state index contributed by atoms with van der Waals surface area (Å²) in [5.41, 5.74) is 0. The maximum atomic E-state index is 4.98. The van der Waals surface area contributed by atoms with Gasteiger partial charge in [-0.2, -0.15) is 0 Å². The Labute approximate surface area is 63.6 Å². The Kier molecular flexibility index (Phi) is 4.45. The first kappa shape index (κ1) is 11.7. The van der Waals surface area contributed by atoms with Gasteiger partial charge in [0.1, 0.15) is 0 Å². The molecule has 52 valence electrons. The van der Waals surface area contributed by atoms with Crippen LogP contribution in [0.15, 0.2) is 0 Å². The summed E-state index contributed by atoms with van der Waals surface area (Å²) in [5, 5.41) is 0. The zero-order valence-corrected chi connectivity index (χ0v) is 7.75. The van der Waals surface area contributed by atoms with E-state index in [1.165, 1.54) is 0 Å². The second kappa shape index (κ2) is 2.67. The van der Waals surface area contributed by atoms with Crippen molar-refractivity contribution in [2.75, 3.05) is 0 Å². The molecule has 0 spiro atoms. The van der Waals surface area contributed by atoms with Gasteiger partial charge in [-0.05, 0) is 0 Å². The van der Waals surface area contributed by atoms with Gasteiger partial charge in [0.05, 0.1) is 0 Å². The van der Waals surface area contributed by atoms with E-state index in [2.05, 4.69) is 0 Å². The van der Waals surface area contributed by atoms with Crippen LogP contribution in [0.3, 0.4) is 0 Å². The van der Waals surface area contributed by atoms with Crippen molar-refractivity contribution in [2.45, 2.75) is 0 Å². The second-order valence-electron chi connectivity index (χ2n) is 0.476. The van der Waals surface area contributed by atoms with Crippen molar-refractivity contribution < 1.29 is 7.06 Å². The third kappa shape index (κ3) is 75.4. The second-order valence-corrected chi connectivity index (χ2v) is 17.7. The minimum atomic E-state index is -3.68. The molecule has 0 saturated heterocycles. The van der Waals surface area contributed by atoms with Gasteiger partial charge in [-0.3, -0.25) is 0 Å². The van der Waals surface area contributed by atoms with Crippen LogP contribution in [0.5, 0.6) is 0 Å². The summed E-state index contributed by atoms with van der Waals surface area (Å²) in [6.07, 6.45) is 0. The molecule has 0 amide bonds. The van der Waals surface area contributed by atoms with Gasteiger partial charge in [0, 0.05) is 0 Å². The van der Waals surface area contributed by atoms with Crippen molar-refractivity contribution in [2.24, 2.45) is 0 Å². The molecule has 0 bridgehead atoms. The molecule has 0 unspecified atom stereocenters. The summed E-state index contributed by atoms with van der Waals surface area (Å²) in [6, 6.07) is 0. The summed E-state index contributed by atoms with van der Waals surface area (Å²) >= 11 is 0. The SMILES string of the molecule is N.[Cl][Co]([Cl])([Cl])([Cl])[Cl]. The summed E-state index contributed by atoms with van der Waals surface area (Å²) in [6.45, 7) is 0. The van der Waals surface area contributed by atoms with Crippen LogP contribution in [0.1, 0.15) is 0 Å². The first-order valence-electron chi connectivity index (χ1n) is 0.630. The van der Waals surface area contributed by atoms with E-state index < -0.39 is 7.06 Å². The van der Waals surface area contributed by atoms with E-state index in [1.54, 1.807) is 0 Å². The quantitative estimate of drug-likeness (QED) is 0.703. The zero-order chi connectivity index (χ0) is 5.45. The maximum absolute atomic E-state index is 4.98. The third-order valence-electron chi connectivity index (χ3n) is 0. The fraction of sp³-hybridized carbons (Fsp3) is 0. The molecule has 3 N–H and O–H groups in total. The molecule has 1 nitrogen and oxygen atoms in total. The molecule has 0 aromatic heterocycles. The van der Waals surface area contributed by atoms with Gasteiger partial charge >= 0.3 is 57.8 Å². The van der Waals surface area contributed by atoms with Crippen molar-refractivity contribution in [1.29, 1.82) is 0 Å². The Bertz CT molecular complexity index is 41.3. The van der Waals surface area contributed by atoms with Crippen molar-refractivity contribution in [3.05, 3.63) is 0 Å². The first-order valence-corrected chi connectivity index (χ1v) is 7.79. The molecule has 0 aromatic carbocycles. The van der Waals surface area contributed by atoms with Crippen molar-refractivity contribution in [1.82, 2.24) is 6.15 Å². The molecule has 0 rings (SSSR count). The Balaban J connectivity index is 0. The average Bonchev–Trinajstić information content (AvgIpc) is 0.650. The average molecular weight is 253 g/mol. The molecule has 7 heavy (non-hydrogen) atoms. The van der Waals surface area contributed by atoms with Gasteiger partial charge in [0.15, 0.2) is 0 Å². The van der Waals surface area contributed by atoms with Crippen molar-refractivity contribution >= 4 is 50.7 Å². The Morgan fingerprint density at radius 1 is 0.714 bits per heavy atom. The van der Waals surface area contributed by atoms with Crippen LogP contribution in [0.25, 0.3) is 0 Å². The fourth-order valence-corrected chi connectivity index (χ4v) is 0. The van der Waals surface area contributed by atoms with Gasteiger partial charge in [-0.15, -0.1) is 0 Å².